The smallest absolute Gasteiger partial charge is 0.291 e. The van der Waals surface area contributed by atoms with Gasteiger partial charge < -0.3 is 9.73 Å². The highest BCUT2D eigenvalue weighted by Crippen LogP contribution is 2.25. The molecule has 7 heteroatoms. The molecule has 0 unspecified atom stereocenters. The fourth-order valence-corrected chi connectivity index (χ4v) is 3.77. The van der Waals surface area contributed by atoms with Crippen LogP contribution in [0.5, 0.6) is 0 Å². The van der Waals surface area contributed by atoms with E-state index in [-0.39, 0.29) is 11.7 Å². The molecule has 0 fully saturated rings. The highest BCUT2D eigenvalue weighted by atomic mass is 35.5. The zero-order valence-electron chi connectivity index (χ0n) is 25.0. The van der Waals surface area contributed by atoms with E-state index < -0.39 is 0 Å². The van der Waals surface area contributed by atoms with Crippen LogP contribution in [0.3, 0.4) is 0 Å². The van der Waals surface area contributed by atoms with E-state index in [2.05, 4.69) is 120 Å². The number of aromatic nitrogens is 3. The number of nitrogens with zero attached hydrogens (tertiary/aromatic N) is 3. The lowest BCUT2D eigenvalue weighted by Gasteiger charge is -2.03. The van der Waals surface area contributed by atoms with Crippen molar-refractivity contribution >= 4 is 34.2 Å². The summed E-state index contributed by atoms with van der Waals surface area (Å²) in [5, 5.41) is 12.4. The number of carbonyl (C=O) groups is 1. The summed E-state index contributed by atoms with van der Waals surface area (Å²) >= 11 is 6.03. The van der Waals surface area contributed by atoms with E-state index in [1.807, 2.05) is 48.5 Å². The van der Waals surface area contributed by atoms with Crippen molar-refractivity contribution in [2.45, 2.75) is 0 Å². The third kappa shape index (κ3) is 10.5. The summed E-state index contributed by atoms with van der Waals surface area (Å²) < 4.78 is 5.71. The monoisotopic (exact) mass is 634 g/mol. The third-order valence-electron chi connectivity index (χ3n) is 5.55. The zero-order chi connectivity index (χ0) is 33.8. The van der Waals surface area contributed by atoms with Gasteiger partial charge in [-0.2, -0.15) is 4.80 Å². The van der Waals surface area contributed by atoms with Crippen molar-refractivity contribution in [1.29, 1.82) is 0 Å². The molecule has 1 N–H and O–H groups in total. The van der Waals surface area contributed by atoms with Crippen molar-refractivity contribution in [2.24, 2.45) is 0 Å². The number of carbonyl (C=O) groups excluding carboxylic acids is 1. The summed E-state index contributed by atoms with van der Waals surface area (Å²) in [6.07, 6.45) is 0. The predicted octanol–water partition coefficient (Wildman–Crippen LogP) is 8.87. The first kappa shape index (κ1) is 33.2. The lowest BCUT2D eigenvalue weighted by atomic mass is 10.2. The second-order valence-corrected chi connectivity index (χ2v) is 9.20. The van der Waals surface area contributed by atoms with E-state index in [9.17, 15) is 4.79 Å². The van der Waals surface area contributed by atoms with Gasteiger partial charge in [0.15, 0.2) is 5.76 Å². The van der Waals surface area contributed by atoms with Crippen LogP contribution in [0.1, 0.15) is 10.6 Å². The summed E-state index contributed by atoms with van der Waals surface area (Å²) in [6.45, 7) is 6.59. The van der Waals surface area contributed by atoms with E-state index >= 15 is 0 Å². The Morgan fingerprint density at radius 2 is 1.23 bits per heavy atom. The number of hydrogen-bond acceptors (Lipinski definition) is 4. The fraction of sp³-hybridized carbons (Fsp3) is 0. The Morgan fingerprint density at radius 3 is 1.81 bits per heavy atom. The van der Waals surface area contributed by atoms with Crippen molar-refractivity contribution in [3.8, 4) is 17.0 Å². The van der Waals surface area contributed by atoms with Crippen molar-refractivity contribution in [3.63, 3.8) is 0 Å². The van der Waals surface area contributed by atoms with Crippen LogP contribution in [0, 0.1) is 0 Å². The minimum atomic E-state index is -0.349. The third-order valence-corrected chi connectivity index (χ3v) is 5.79. The maximum atomic E-state index is 12.6. The first-order valence-corrected chi connectivity index (χ1v) is 14.1. The van der Waals surface area contributed by atoms with Crippen molar-refractivity contribution < 1.29 is 9.21 Å². The number of para-hydroxylation sites is 1. The topological polar surface area (TPSA) is 73.0 Å². The number of benzene rings is 3. The Labute approximate surface area is 280 Å². The highest BCUT2D eigenvalue weighted by Gasteiger charge is 2.14. The maximum absolute atomic E-state index is 12.6. The first-order valence-electron chi connectivity index (χ1n) is 13.7. The lowest BCUT2D eigenvalue weighted by Crippen LogP contribution is -2.10. The van der Waals surface area contributed by atoms with Crippen molar-refractivity contribution in [2.75, 3.05) is 5.32 Å². The van der Waals surface area contributed by atoms with E-state index in [0.717, 1.165) is 16.8 Å². The quantitative estimate of drug-likeness (QED) is 0.200. The molecule has 222 valence electrons. The molecule has 48 heavy (non-hydrogen) atoms. The Bertz CT molecular complexity index is 2550. The second kappa shape index (κ2) is 18.2. The van der Waals surface area contributed by atoms with Crippen molar-refractivity contribution in [1.82, 2.24) is 15.0 Å². The average Bonchev–Trinajstić information content (AvgIpc) is 3.78. The van der Waals surface area contributed by atoms with Gasteiger partial charge in [-0.25, -0.2) is 0 Å². The summed E-state index contributed by atoms with van der Waals surface area (Å²) in [5.74, 6) is 0.431. The number of furan rings is 1. The molecule has 6 nitrogen and oxygen atoms in total. The number of amides is 1. The van der Waals surface area contributed by atoms with Crippen LogP contribution in [0.4, 0.5) is 5.69 Å². The average molecular weight is 635 g/mol. The van der Waals surface area contributed by atoms with Gasteiger partial charge in [0.1, 0.15) is 16.8 Å². The van der Waals surface area contributed by atoms with E-state index in [1.54, 1.807) is 41.2 Å². The number of nitrogens with one attached hydrogen (secondary N) is 1. The Balaban J connectivity index is 0.000000250. The largest absolute Gasteiger partial charge is 0.451 e. The van der Waals surface area contributed by atoms with Crippen LogP contribution < -0.4 is 5.32 Å². The molecule has 0 saturated carbocycles. The number of rotatable bonds is 4. The molecule has 0 bridgehead atoms. The van der Waals surface area contributed by atoms with Gasteiger partial charge in [0.2, 0.25) is 0 Å². The lowest BCUT2D eigenvalue weighted by molar-refractivity contribution is 0.0997. The molecule has 2 aromatic heterocycles. The molecule has 5 rings (SSSR count). The zero-order valence-corrected chi connectivity index (χ0v) is 25.8. The first-order chi connectivity index (χ1) is 23.6. The number of halogens is 1. The molecule has 3 aromatic carbocycles. The van der Waals surface area contributed by atoms with Gasteiger partial charge in [0.05, 0.1) is 5.69 Å². The number of fused-ring (bicyclic) bond motifs is 1. The summed E-state index contributed by atoms with van der Waals surface area (Å²) in [5.41, 5.74) is 43.1. The minimum Gasteiger partial charge on any atom is -0.451 e. The normalized spacial score (nSPS) is 8.27. The van der Waals surface area contributed by atoms with Crippen LogP contribution in [-0.2, 0) is 0 Å². The van der Waals surface area contributed by atoms with Crippen LogP contribution in [0.15, 0.2) is 194 Å². The fourth-order valence-electron chi connectivity index (χ4n) is 3.58. The van der Waals surface area contributed by atoms with Gasteiger partial charge in [-0.1, -0.05) is 53.4 Å². The molecule has 1 amide bonds. The second-order valence-electron chi connectivity index (χ2n) is 8.76. The molecule has 0 aliphatic heterocycles. The Morgan fingerprint density at radius 1 is 0.646 bits per heavy atom. The van der Waals surface area contributed by atoms with Crippen LogP contribution in [0.25, 0.3) is 28.0 Å². The van der Waals surface area contributed by atoms with Crippen LogP contribution >= 0.6 is 11.6 Å². The van der Waals surface area contributed by atoms with Crippen LogP contribution in [0.2, 0.25) is 5.02 Å². The number of anilines is 1. The van der Waals surface area contributed by atoms with Gasteiger partial charge >= 0.3 is 0 Å². The van der Waals surface area contributed by atoms with Gasteiger partial charge in [-0.15, -0.1) is 10.2 Å². The molecule has 5 aromatic rings. The standard InChI is InChI=1S/C23H15ClN4O2.C18H4/c24-16-6-4-5-15(13-16)21-11-12-22(30-21)23(29)25-17-9-10-19-20(14-17)27-28(26-19)18-7-2-1-3-8-18;1-3-5-7-9-11-13-15-17-18-16-14-12-10-8-6-4-2/h1-14H,(H,25,29);1-2H2. The highest BCUT2D eigenvalue weighted by molar-refractivity contribution is 6.30. The summed E-state index contributed by atoms with van der Waals surface area (Å²) in [6, 6.07) is 25.7. The van der Waals surface area contributed by atoms with E-state index in [0.29, 0.717) is 22.0 Å². The summed E-state index contributed by atoms with van der Waals surface area (Å²) in [7, 11) is 0. The van der Waals surface area contributed by atoms with Gasteiger partial charge in [0.25, 0.3) is 5.91 Å². The molecule has 0 saturated heterocycles. The SMILES string of the molecule is C=C=C=C=C=C=C=C=C=C=C=C=C=C=C=C=C=C.O=C(Nc1ccc2nn(-c3ccccc3)nc2c1)c1ccc(-c2cccc(Cl)c2)o1. The molecule has 0 aliphatic rings. The molecule has 0 radical (unpaired) electrons. The molecule has 2 heterocycles. The molecule has 0 spiro atoms. The Hall–Kier alpha value is -7.68. The number of hydrogen-bond donors (Lipinski definition) is 1. The molecule has 0 aliphatic carbocycles. The minimum absolute atomic E-state index is 0.206. The molecule has 0 atom stereocenters. The van der Waals surface area contributed by atoms with E-state index in [1.165, 1.54) is 0 Å². The van der Waals surface area contributed by atoms with Gasteiger partial charge in [-0.3, -0.25) is 4.79 Å². The van der Waals surface area contributed by atoms with Crippen LogP contribution in [-0.4, -0.2) is 20.9 Å². The van der Waals surface area contributed by atoms with Crippen molar-refractivity contribution in [3.05, 3.63) is 201 Å². The molecular weight excluding hydrogens is 616 g/mol. The summed E-state index contributed by atoms with van der Waals surface area (Å²) in [4.78, 5) is 14.2. The Kier molecular flexibility index (Phi) is 12.6. The molecular formula is C41H19ClN4O2. The van der Waals surface area contributed by atoms with Gasteiger partial charge in [0, 0.05) is 16.3 Å². The maximum Gasteiger partial charge on any atom is 0.291 e. The van der Waals surface area contributed by atoms with E-state index in [4.69, 9.17) is 16.0 Å². The predicted molar refractivity (Wildman–Crippen MR) is 183 cm³/mol. The van der Waals surface area contributed by atoms with Gasteiger partial charge in [-0.05, 0) is 148 Å².